The predicted octanol–water partition coefficient (Wildman–Crippen LogP) is 3.81. The number of carbonyl (C=O) groups excluding carboxylic acids is 2. The number of likely N-dealkylation sites (tertiary alicyclic amines) is 1. The number of amides is 2. The van der Waals surface area contributed by atoms with Crippen LogP contribution in [0.5, 0.6) is 0 Å². The molecule has 2 fully saturated rings. The zero-order chi connectivity index (χ0) is 13.5. The van der Waals surface area contributed by atoms with E-state index in [1.165, 1.54) is 51.4 Å². The van der Waals surface area contributed by atoms with Gasteiger partial charge < -0.3 is 0 Å². The van der Waals surface area contributed by atoms with Crippen LogP contribution in [0.3, 0.4) is 0 Å². The molecular formula is C16H27NO2. The van der Waals surface area contributed by atoms with Crippen molar-refractivity contribution in [3.63, 3.8) is 0 Å². The molecule has 0 bridgehead atoms. The molecule has 2 rings (SSSR count). The van der Waals surface area contributed by atoms with Crippen LogP contribution in [0.1, 0.15) is 83.5 Å². The fourth-order valence-electron chi connectivity index (χ4n) is 3.40. The molecule has 1 heterocycles. The number of imide groups is 1. The molecule has 0 atom stereocenters. The second-order valence-corrected chi connectivity index (χ2v) is 6.07. The Morgan fingerprint density at radius 2 is 1.05 bits per heavy atom. The van der Waals surface area contributed by atoms with Crippen LogP contribution in [0.25, 0.3) is 0 Å². The van der Waals surface area contributed by atoms with Crippen LogP contribution in [-0.4, -0.2) is 22.8 Å². The molecule has 2 aliphatic rings. The third-order valence-electron chi connectivity index (χ3n) is 4.51. The third kappa shape index (κ3) is 4.32. The Morgan fingerprint density at radius 1 is 0.632 bits per heavy atom. The van der Waals surface area contributed by atoms with Crippen molar-refractivity contribution < 1.29 is 9.59 Å². The summed E-state index contributed by atoms with van der Waals surface area (Å²) in [4.78, 5) is 25.7. The molecule has 0 spiro atoms. The molecule has 0 radical (unpaired) electrons. The van der Waals surface area contributed by atoms with E-state index in [4.69, 9.17) is 0 Å². The first kappa shape index (κ1) is 14.5. The maximum Gasteiger partial charge on any atom is 0.229 e. The zero-order valence-corrected chi connectivity index (χ0v) is 12.0. The number of rotatable bonds is 1. The lowest BCUT2D eigenvalue weighted by Gasteiger charge is -2.33. The molecule has 3 nitrogen and oxygen atoms in total. The fourth-order valence-corrected chi connectivity index (χ4v) is 3.40. The van der Waals surface area contributed by atoms with Crippen LogP contribution in [0, 0.1) is 0 Å². The third-order valence-corrected chi connectivity index (χ3v) is 4.51. The van der Waals surface area contributed by atoms with Crippen molar-refractivity contribution >= 4 is 11.8 Å². The van der Waals surface area contributed by atoms with E-state index in [1.807, 2.05) is 0 Å². The minimum Gasteiger partial charge on any atom is -0.280 e. The highest BCUT2D eigenvalue weighted by Gasteiger charge is 2.31. The molecule has 0 aromatic rings. The Kier molecular flexibility index (Phi) is 5.87. The van der Waals surface area contributed by atoms with Gasteiger partial charge in [0.05, 0.1) is 0 Å². The number of hydrogen-bond donors (Lipinski definition) is 0. The second-order valence-electron chi connectivity index (χ2n) is 6.07. The van der Waals surface area contributed by atoms with Crippen molar-refractivity contribution in [2.45, 2.75) is 89.5 Å². The van der Waals surface area contributed by atoms with Gasteiger partial charge in [-0.05, 0) is 19.3 Å². The van der Waals surface area contributed by atoms with Crippen LogP contribution in [0.4, 0.5) is 0 Å². The molecule has 0 unspecified atom stereocenters. The lowest BCUT2D eigenvalue weighted by molar-refractivity contribution is -0.151. The van der Waals surface area contributed by atoms with Crippen LogP contribution in [0.2, 0.25) is 0 Å². The van der Waals surface area contributed by atoms with Crippen LogP contribution in [-0.2, 0) is 9.59 Å². The molecule has 1 aliphatic carbocycles. The van der Waals surface area contributed by atoms with Crippen molar-refractivity contribution in [2.24, 2.45) is 0 Å². The maximum absolute atomic E-state index is 12.0. The zero-order valence-electron chi connectivity index (χ0n) is 12.0. The van der Waals surface area contributed by atoms with Crippen molar-refractivity contribution in [1.82, 2.24) is 4.90 Å². The van der Waals surface area contributed by atoms with Gasteiger partial charge in [0, 0.05) is 18.9 Å². The Bertz CT molecular complexity index is 286. The average Bonchev–Trinajstić information content (AvgIpc) is 2.44. The van der Waals surface area contributed by atoms with Gasteiger partial charge in [0.25, 0.3) is 0 Å². The lowest BCUT2D eigenvalue weighted by Crippen LogP contribution is -2.47. The molecule has 108 valence electrons. The summed E-state index contributed by atoms with van der Waals surface area (Å²) in [7, 11) is 0. The Labute approximate surface area is 116 Å². The molecule has 0 aromatic heterocycles. The molecule has 2 amide bonds. The van der Waals surface area contributed by atoms with E-state index in [1.54, 1.807) is 4.90 Å². The van der Waals surface area contributed by atoms with E-state index in [-0.39, 0.29) is 17.9 Å². The fraction of sp³-hybridized carbons (Fsp3) is 0.875. The molecule has 19 heavy (non-hydrogen) atoms. The summed E-state index contributed by atoms with van der Waals surface area (Å²) < 4.78 is 0. The van der Waals surface area contributed by atoms with Gasteiger partial charge in [-0.1, -0.05) is 51.4 Å². The minimum atomic E-state index is 0.0797. The monoisotopic (exact) mass is 265 g/mol. The standard InChI is InChI=1S/C16H27NO2/c18-15-12-9-13-16(19)17(15)14-10-7-5-3-1-2-4-6-8-11-14/h14H,1-13H2. The summed E-state index contributed by atoms with van der Waals surface area (Å²) in [5, 5.41) is 0. The highest BCUT2D eigenvalue weighted by molar-refractivity contribution is 5.97. The number of carbonyl (C=O) groups is 2. The Morgan fingerprint density at radius 3 is 1.53 bits per heavy atom. The van der Waals surface area contributed by atoms with Crippen LogP contribution < -0.4 is 0 Å². The van der Waals surface area contributed by atoms with E-state index in [9.17, 15) is 9.59 Å². The summed E-state index contributed by atoms with van der Waals surface area (Å²) >= 11 is 0. The van der Waals surface area contributed by atoms with E-state index >= 15 is 0 Å². The number of hydrogen-bond acceptors (Lipinski definition) is 2. The van der Waals surface area contributed by atoms with E-state index in [0.717, 1.165) is 19.3 Å². The molecule has 0 aromatic carbocycles. The SMILES string of the molecule is O=C1CCCC(=O)N1C1CCCCCCCCCC1. The first-order valence-corrected chi connectivity index (χ1v) is 8.14. The summed E-state index contributed by atoms with van der Waals surface area (Å²) in [5.41, 5.74) is 0. The first-order chi connectivity index (χ1) is 9.29. The van der Waals surface area contributed by atoms with Gasteiger partial charge in [-0.3, -0.25) is 14.5 Å². The second kappa shape index (κ2) is 7.66. The summed E-state index contributed by atoms with van der Waals surface area (Å²) in [6.07, 6.45) is 14.1. The van der Waals surface area contributed by atoms with Crippen molar-refractivity contribution in [3.8, 4) is 0 Å². The molecule has 3 heteroatoms. The van der Waals surface area contributed by atoms with Crippen molar-refractivity contribution in [1.29, 1.82) is 0 Å². The minimum absolute atomic E-state index is 0.0797. The van der Waals surface area contributed by atoms with Gasteiger partial charge in [-0.25, -0.2) is 0 Å². The van der Waals surface area contributed by atoms with Crippen molar-refractivity contribution in [2.75, 3.05) is 0 Å². The van der Waals surface area contributed by atoms with Gasteiger partial charge in [0.2, 0.25) is 11.8 Å². The van der Waals surface area contributed by atoms with Gasteiger partial charge in [-0.15, -0.1) is 0 Å². The number of nitrogens with zero attached hydrogens (tertiary/aromatic N) is 1. The van der Waals surface area contributed by atoms with Gasteiger partial charge in [0.15, 0.2) is 0 Å². The maximum atomic E-state index is 12.0. The van der Waals surface area contributed by atoms with E-state index < -0.39 is 0 Å². The molecule has 1 saturated heterocycles. The summed E-state index contributed by atoms with van der Waals surface area (Å²) in [6, 6.07) is 0.193. The molecule has 0 N–H and O–H groups in total. The van der Waals surface area contributed by atoms with Crippen LogP contribution in [0.15, 0.2) is 0 Å². The highest BCUT2D eigenvalue weighted by Crippen LogP contribution is 2.24. The Hall–Kier alpha value is -0.860. The van der Waals surface area contributed by atoms with Crippen molar-refractivity contribution in [3.05, 3.63) is 0 Å². The normalized spacial score (nSPS) is 25.2. The van der Waals surface area contributed by atoms with Gasteiger partial charge in [-0.2, -0.15) is 0 Å². The highest BCUT2D eigenvalue weighted by atomic mass is 16.2. The Balaban J connectivity index is 1.96. The summed E-state index contributed by atoms with van der Waals surface area (Å²) in [5.74, 6) is 0.159. The lowest BCUT2D eigenvalue weighted by atomic mass is 9.98. The van der Waals surface area contributed by atoms with Crippen LogP contribution >= 0.6 is 0 Å². The largest absolute Gasteiger partial charge is 0.280 e. The smallest absolute Gasteiger partial charge is 0.229 e. The molecule has 1 aliphatic heterocycles. The summed E-state index contributed by atoms with van der Waals surface area (Å²) in [6.45, 7) is 0. The molecular weight excluding hydrogens is 238 g/mol. The number of piperidine rings is 1. The first-order valence-electron chi connectivity index (χ1n) is 8.14. The predicted molar refractivity (Wildman–Crippen MR) is 75.7 cm³/mol. The van der Waals surface area contributed by atoms with Gasteiger partial charge in [0.1, 0.15) is 0 Å². The van der Waals surface area contributed by atoms with E-state index in [0.29, 0.717) is 12.8 Å². The average molecular weight is 265 g/mol. The molecule has 1 saturated carbocycles. The van der Waals surface area contributed by atoms with E-state index in [2.05, 4.69) is 0 Å². The quantitative estimate of drug-likeness (QED) is 0.676. The topological polar surface area (TPSA) is 37.4 Å². The van der Waals surface area contributed by atoms with Gasteiger partial charge >= 0.3 is 0 Å².